The van der Waals surface area contributed by atoms with Crippen molar-refractivity contribution in [2.75, 3.05) is 19.7 Å². The molecule has 15 heavy (non-hydrogen) atoms. The minimum atomic E-state index is 0.270. The molecule has 1 aliphatic rings. The van der Waals surface area contributed by atoms with Crippen molar-refractivity contribution in [2.24, 2.45) is 11.7 Å². The zero-order valence-electron chi connectivity index (χ0n) is 9.58. The van der Waals surface area contributed by atoms with Crippen molar-refractivity contribution in [3.8, 4) is 0 Å². The molecule has 88 valence electrons. The van der Waals surface area contributed by atoms with Crippen molar-refractivity contribution in [1.29, 1.82) is 5.41 Å². The molecule has 0 saturated carbocycles. The van der Waals surface area contributed by atoms with Gasteiger partial charge in [-0.1, -0.05) is 0 Å². The Balaban J connectivity index is 2.37. The second kappa shape index (κ2) is 6.08. The Morgan fingerprint density at radius 3 is 3.00 bits per heavy atom. The highest BCUT2D eigenvalue weighted by molar-refractivity contribution is 5.77. The number of rotatable bonds is 5. The molecule has 1 saturated heterocycles. The Morgan fingerprint density at radius 1 is 1.67 bits per heavy atom. The molecule has 0 amide bonds. The third-order valence-electron chi connectivity index (χ3n) is 3.23. The highest BCUT2D eigenvalue weighted by Gasteiger charge is 2.23. The molecule has 0 aromatic rings. The Morgan fingerprint density at radius 2 is 2.40 bits per heavy atom. The van der Waals surface area contributed by atoms with Crippen molar-refractivity contribution < 1.29 is 5.11 Å². The van der Waals surface area contributed by atoms with Crippen LogP contribution in [0, 0.1) is 11.3 Å². The fourth-order valence-corrected chi connectivity index (χ4v) is 2.36. The van der Waals surface area contributed by atoms with Crippen LogP contribution in [0.1, 0.15) is 32.6 Å². The van der Waals surface area contributed by atoms with Gasteiger partial charge in [0.1, 0.15) is 0 Å². The fourth-order valence-electron chi connectivity index (χ4n) is 2.36. The minimum absolute atomic E-state index is 0.270. The maximum atomic E-state index is 8.92. The Hall–Kier alpha value is -0.610. The Kier molecular flexibility index (Phi) is 5.05. The molecule has 1 heterocycles. The molecule has 0 aliphatic carbocycles. The van der Waals surface area contributed by atoms with Gasteiger partial charge in [0.15, 0.2) is 0 Å². The van der Waals surface area contributed by atoms with E-state index in [0.29, 0.717) is 25.0 Å². The molecule has 0 bridgehead atoms. The largest absolute Gasteiger partial charge is 0.396 e. The summed E-state index contributed by atoms with van der Waals surface area (Å²) in [5, 5.41) is 16.2. The monoisotopic (exact) mass is 213 g/mol. The first-order valence-electron chi connectivity index (χ1n) is 5.81. The average molecular weight is 213 g/mol. The van der Waals surface area contributed by atoms with Crippen LogP contribution in [0.4, 0.5) is 0 Å². The van der Waals surface area contributed by atoms with Crippen LogP contribution in [0.3, 0.4) is 0 Å². The standard InChI is InChI=1S/C11H23N3O/c1-9(7-11(12)13)14-5-2-3-10(8-14)4-6-15/h9-10,15H,2-8H2,1H3,(H3,12,13). The van der Waals surface area contributed by atoms with E-state index in [0.717, 1.165) is 19.5 Å². The van der Waals surface area contributed by atoms with Crippen molar-refractivity contribution in [1.82, 2.24) is 4.90 Å². The van der Waals surface area contributed by atoms with Crippen LogP contribution < -0.4 is 5.73 Å². The predicted octanol–water partition coefficient (Wildman–Crippen LogP) is 0.795. The summed E-state index contributed by atoms with van der Waals surface area (Å²) in [5.41, 5.74) is 5.41. The Labute approximate surface area is 92.0 Å². The van der Waals surface area contributed by atoms with Crippen molar-refractivity contribution in [2.45, 2.75) is 38.6 Å². The summed E-state index contributed by atoms with van der Waals surface area (Å²) < 4.78 is 0. The van der Waals surface area contributed by atoms with Crippen LogP contribution in [0.2, 0.25) is 0 Å². The van der Waals surface area contributed by atoms with Crippen molar-refractivity contribution >= 4 is 5.84 Å². The lowest BCUT2D eigenvalue weighted by molar-refractivity contribution is 0.117. The van der Waals surface area contributed by atoms with E-state index in [-0.39, 0.29) is 5.84 Å². The minimum Gasteiger partial charge on any atom is -0.396 e. The number of nitrogens with zero attached hydrogens (tertiary/aromatic N) is 1. The summed E-state index contributed by atoms with van der Waals surface area (Å²) in [4.78, 5) is 2.39. The molecule has 1 rings (SSSR count). The lowest BCUT2D eigenvalue weighted by Crippen LogP contribution is -2.43. The number of hydrogen-bond donors (Lipinski definition) is 3. The SMILES string of the molecule is CC(CC(=N)N)N1CCCC(CCO)C1. The van der Waals surface area contributed by atoms with Gasteiger partial charge >= 0.3 is 0 Å². The highest BCUT2D eigenvalue weighted by atomic mass is 16.3. The summed E-state index contributed by atoms with van der Waals surface area (Å²) in [6, 6.07) is 0.365. The molecule has 0 aromatic carbocycles. The third kappa shape index (κ3) is 4.18. The van der Waals surface area contributed by atoms with Gasteiger partial charge in [0.2, 0.25) is 0 Å². The van der Waals surface area contributed by atoms with E-state index >= 15 is 0 Å². The molecule has 1 fully saturated rings. The topological polar surface area (TPSA) is 73.3 Å². The molecule has 1 aliphatic heterocycles. The van der Waals surface area contributed by atoms with Crippen molar-refractivity contribution in [3.05, 3.63) is 0 Å². The second-order valence-electron chi connectivity index (χ2n) is 4.59. The van der Waals surface area contributed by atoms with Gasteiger partial charge in [0.25, 0.3) is 0 Å². The average Bonchev–Trinajstić information content (AvgIpc) is 2.17. The van der Waals surface area contributed by atoms with E-state index in [1.54, 1.807) is 0 Å². The van der Waals surface area contributed by atoms with Gasteiger partial charge in [-0.05, 0) is 38.6 Å². The normalized spacial score (nSPS) is 25.1. The zero-order chi connectivity index (χ0) is 11.3. The molecule has 4 nitrogen and oxygen atoms in total. The molecule has 0 spiro atoms. The van der Waals surface area contributed by atoms with Gasteiger partial charge in [-0.2, -0.15) is 0 Å². The number of likely N-dealkylation sites (tertiary alicyclic amines) is 1. The molecule has 2 unspecified atom stereocenters. The van der Waals surface area contributed by atoms with Crippen molar-refractivity contribution in [3.63, 3.8) is 0 Å². The number of aliphatic hydroxyl groups excluding tert-OH is 1. The Bertz CT molecular complexity index is 206. The number of amidine groups is 1. The van der Waals surface area contributed by atoms with Gasteiger partial charge in [-0.3, -0.25) is 10.3 Å². The molecular weight excluding hydrogens is 190 g/mol. The maximum absolute atomic E-state index is 8.92. The first-order valence-corrected chi connectivity index (χ1v) is 5.81. The predicted molar refractivity (Wildman–Crippen MR) is 62.0 cm³/mol. The lowest BCUT2D eigenvalue weighted by atomic mass is 9.94. The van der Waals surface area contributed by atoms with Gasteiger partial charge in [-0.25, -0.2) is 0 Å². The number of aliphatic hydroxyl groups is 1. The van der Waals surface area contributed by atoms with Crippen LogP contribution in [0.25, 0.3) is 0 Å². The quantitative estimate of drug-likeness (QED) is 0.467. The third-order valence-corrected chi connectivity index (χ3v) is 3.23. The number of nitrogens with two attached hydrogens (primary N) is 1. The van der Waals surface area contributed by atoms with Crippen LogP contribution >= 0.6 is 0 Å². The zero-order valence-corrected chi connectivity index (χ0v) is 9.58. The van der Waals surface area contributed by atoms with Gasteiger partial charge < -0.3 is 10.8 Å². The first kappa shape index (κ1) is 12.5. The fraction of sp³-hybridized carbons (Fsp3) is 0.909. The first-order chi connectivity index (χ1) is 7.13. The van der Waals surface area contributed by atoms with Gasteiger partial charge in [0, 0.05) is 25.6 Å². The molecule has 4 heteroatoms. The number of piperidine rings is 1. The summed E-state index contributed by atoms with van der Waals surface area (Å²) in [7, 11) is 0. The van der Waals surface area contributed by atoms with Crippen LogP contribution in [0.15, 0.2) is 0 Å². The molecule has 4 N–H and O–H groups in total. The summed E-state index contributed by atoms with van der Waals surface area (Å²) >= 11 is 0. The van der Waals surface area contributed by atoms with E-state index in [1.165, 1.54) is 12.8 Å². The summed E-state index contributed by atoms with van der Waals surface area (Å²) in [6.07, 6.45) is 3.99. The molecule has 0 radical (unpaired) electrons. The maximum Gasteiger partial charge on any atom is 0.0920 e. The van der Waals surface area contributed by atoms with Crippen LogP contribution in [0.5, 0.6) is 0 Å². The van der Waals surface area contributed by atoms with E-state index < -0.39 is 0 Å². The lowest BCUT2D eigenvalue weighted by Gasteiger charge is -2.36. The van der Waals surface area contributed by atoms with E-state index in [9.17, 15) is 0 Å². The highest BCUT2D eigenvalue weighted by Crippen LogP contribution is 2.21. The van der Waals surface area contributed by atoms with Crippen LogP contribution in [-0.4, -0.2) is 41.6 Å². The smallest absolute Gasteiger partial charge is 0.0920 e. The molecular formula is C11H23N3O. The van der Waals surface area contributed by atoms with Gasteiger partial charge in [0.05, 0.1) is 5.84 Å². The van der Waals surface area contributed by atoms with E-state index in [2.05, 4.69) is 11.8 Å². The second-order valence-corrected chi connectivity index (χ2v) is 4.59. The van der Waals surface area contributed by atoms with E-state index in [4.69, 9.17) is 16.2 Å². The van der Waals surface area contributed by atoms with Crippen LogP contribution in [-0.2, 0) is 0 Å². The molecule has 0 aromatic heterocycles. The summed E-state index contributed by atoms with van der Waals surface area (Å²) in [5.74, 6) is 0.893. The van der Waals surface area contributed by atoms with Gasteiger partial charge in [-0.15, -0.1) is 0 Å². The summed E-state index contributed by atoms with van der Waals surface area (Å²) in [6.45, 7) is 4.58. The van der Waals surface area contributed by atoms with E-state index in [1.807, 2.05) is 0 Å². The number of nitrogens with one attached hydrogen (secondary N) is 1. The molecule has 2 atom stereocenters. The number of hydrogen-bond acceptors (Lipinski definition) is 3.